The van der Waals surface area contributed by atoms with Crippen LogP contribution >= 0.6 is 0 Å². The van der Waals surface area contributed by atoms with Crippen molar-refractivity contribution < 1.29 is 33.1 Å². The first-order chi connectivity index (χ1) is 20.1. The van der Waals surface area contributed by atoms with Gasteiger partial charge in [-0.25, -0.2) is 14.2 Å². The predicted molar refractivity (Wildman–Crippen MR) is 168 cm³/mol. The third kappa shape index (κ3) is 8.35. The molecule has 236 valence electrons. The summed E-state index contributed by atoms with van der Waals surface area (Å²) in [6.45, 7) is 18.8. The van der Waals surface area contributed by atoms with Crippen LogP contribution in [0.25, 0.3) is 11.0 Å². The summed E-state index contributed by atoms with van der Waals surface area (Å²) in [6, 6.07) is 8.42. The van der Waals surface area contributed by atoms with E-state index in [1.165, 1.54) is 12.5 Å². The highest BCUT2D eigenvalue weighted by Gasteiger charge is 2.52. The molecule has 2 aliphatic heterocycles. The van der Waals surface area contributed by atoms with Gasteiger partial charge in [0.05, 0.1) is 28.8 Å². The lowest BCUT2D eigenvalue weighted by Gasteiger charge is -2.32. The van der Waals surface area contributed by atoms with E-state index in [4.69, 9.17) is 23.8 Å². The highest BCUT2D eigenvalue weighted by atomic mass is 19.1. The maximum absolute atomic E-state index is 15.3. The number of nitrogens with one attached hydrogen (secondary N) is 1. The van der Waals surface area contributed by atoms with Gasteiger partial charge in [-0.05, 0) is 90.3 Å². The molecule has 2 aliphatic rings. The van der Waals surface area contributed by atoms with Gasteiger partial charge in [-0.15, -0.1) is 0 Å². The smallest absolute Gasteiger partial charge is 0.444 e. The normalized spacial score (nSPS) is 16.9. The third-order valence-electron chi connectivity index (χ3n) is 7.54. The molecule has 2 fully saturated rings. The van der Waals surface area contributed by atoms with Crippen LogP contribution in [0, 0.1) is 5.82 Å². The van der Waals surface area contributed by atoms with Crippen molar-refractivity contribution in [2.75, 3.05) is 18.5 Å². The van der Waals surface area contributed by atoms with E-state index in [9.17, 15) is 9.90 Å². The molecule has 0 aliphatic carbocycles. The second-order valence-electron chi connectivity index (χ2n) is 12.4. The van der Waals surface area contributed by atoms with Gasteiger partial charge in [0.1, 0.15) is 17.2 Å². The predicted octanol–water partition coefficient (Wildman–Crippen LogP) is 5.87. The fourth-order valence-corrected chi connectivity index (χ4v) is 4.36. The average molecular weight is 600 g/mol. The number of aryl methyl sites for hydroxylation is 1. The van der Waals surface area contributed by atoms with Crippen LogP contribution in [-0.2, 0) is 38.9 Å². The van der Waals surface area contributed by atoms with Crippen LogP contribution in [-0.4, -0.2) is 57.9 Å². The van der Waals surface area contributed by atoms with Crippen molar-refractivity contribution in [3.8, 4) is 0 Å². The fraction of sp³-hybridized carbons (Fsp3) is 0.562. The number of ether oxygens (including phenoxy) is 2. The van der Waals surface area contributed by atoms with Crippen LogP contribution in [0.3, 0.4) is 0 Å². The molecule has 9 nitrogen and oxygen atoms in total. The van der Waals surface area contributed by atoms with Crippen molar-refractivity contribution >= 4 is 35.4 Å². The van der Waals surface area contributed by atoms with Gasteiger partial charge in [-0.2, -0.15) is 0 Å². The molecule has 2 aromatic carbocycles. The van der Waals surface area contributed by atoms with E-state index < -0.39 is 35.8 Å². The fourth-order valence-electron chi connectivity index (χ4n) is 4.36. The Morgan fingerprint density at radius 3 is 2.19 bits per heavy atom. The van der Waals surface area contributed by atoms with E-state index in [-0.39, 0.29) is 12.1 Å². The Labute approximate surface area is 255 Å². The number of imidazole rings is 1. The van der Waals surface area contributed by atoms with E-state index in [1.807, 2.05) is 59.2 Å². The summed E-state index contributed by atoms with van der Waals surface area (Å²) in [5.74, 6) is 0.218. The zero-order valence-electron chi connectivity index (χ0n) is 27.3. The Bertz CT molecular complexity index is 1390. The molecular weight excluding hydrogens is 552 g/mol. The van der Waals surface area contributed by atoms with Gasteiger partial charge in [0, 0.05) is 37.8 Å². The maximum atomic E-state index is 15.3. The van der Waals surface area contributed by atoms with Gasteiger partial charge >= 0.3 is 13.2 Å². The van der Waals surface area contributed by atoms with Gasteiger partial charge < -0.3 is 28.5 Å². The Balaban J connectivity index is 0.000000764. The Morgan fingerprint density at radius 2 is 1.67 bits per heavy atom. The first-order valence-corrected chi connectivity index (χ1v) is 14.9. The minimum atomic E-state index is -0.865. The molecule has 3 heterocycles. The molecule has 5 rings (SSSR count). The number of aromatic nitrogens is 2. The van der Waals surface area contributed by atoms with Crippen LogP contribution < -0.4 is 10.8 Å². The largest absolute Gasteiger partial charge is 0.497 e. The second kappa shape index (κ2) is 13.8. The lowest BCUT2D eigenvalue weighted by atomic mass is 9.77. The SMILES string of the molecule is C1COC1.CC.Cn1c(Cc2cc(F)c(B3OC(C)(C)C(C)(C)O3)cc2CO)nc2cc(NC(=O)OC(C)(C)C)ccc21. The summed E-state index contributed by atoms with van der Waals surface area (Å²) in [4.78, 5) is 16.8. The molecule has 1 aromatic heterocycles. The monoisotopic (exact) mass is 599 g/mol. The number of anilines is 1. The Hall–Kier alpha value is -2.99. The van der Waals surface area contributed by atoms with Crippen molar-refractivity contribution in [1.82, 2.24) is 9.55 Å². The summed E-state index contributed by atoms with van der Waals surface area (Å²) in [6.07, 6.45) is 1.03. The number of rotatable bonds is 5. The number of fused-ring (bicyclic) bond motifs is 1. The van der Waals surface area contributed by atoms with Gasteiger partial charge in [0.2, 0.25) is 0 Å². The molecule has 1 amide bonds. The molecule has 2 N–H and O–H groups in total. The standard InChI is InChI=1S/C27H35BFN3O5.C3H6O.C2H6/c1-25(2,3)35-24(34)30-18-9-10-22-21(14-18)31-23(32(22)8)13-16-12-20(29)19(11-17(16)15-33)28-36-26(4,5)27(6,7)37-28;1-2-4-3-1;1-2/h9-12,14,33H,13,15H2,1-8H3,(H,30,34);1-3H2;1-2H3. The van der Waals surface area contributed by atoms with Crippen molar-refractivity contribution in [3.63, 3.8) is 0 Å². The quantitative estimate of drug-likeness (QED) is 0.354. The summed E-state index contributed by atoms with van der Waals surface area (Å²) in [5, 5.41) is 12.8. The van der Waals surface area contributed by atoms with E-state index in [1.54, 1.807) is 39.0 Å². The van der Waals surface area contributed by atoms with E-state index in [0.29, 0.717) is 34.6 Å². The Kier molecular flexibility index (Phi) is 11.0. The zero-order chi connectivity index (χ0) is 32.2. The second-order valence-corrected chi connectivity index (χ2v) is 12.4. The number of hydrogen-bond donors (Lipinski definition) is 2. The molecule has 0 bridgehead atoms. The van der Waals surface area contributed by atoms with Gasteiger partial charge in [-0.1, -0.05) is 19.9 Å². The molecule has 43 heavy (non-hydrogen) atoms. The number of carbonyl (C=O) groups excluding carboxylic acids is 1. The summed E-state index contributed by atoms with van der Waals surface area (Å²) in [5.41, 5.74) is 1.71. The average Bonchev–Trinajstić information content (AvgIpc) is 3.28. The third-order valence-corrected chi connectivity index (χ3v) is 7.54. The van der Waals surface area contributed by atoms with Gasteiger partial charge in [0.25, 0.3) is 0 Å². The van der Waals surface area contributed by atoms with Crippen molar-refractivity contribution in [2.24, 2.45) is 7.05 Å². The van der Waals surface area contributed by atoms with Crippen molar-refractivity contribution in [3.05, 3.63) is 53.1 Å². The summed E-state index contributed by atoms with van der Waals surface area (Å²) < 4.78 is 39.3. The first-order valence-electron chi connectivity index (χ1n) is 14.9. The molecule has 0 radical (unpaired) electrons. The highest BCUT2D eigenvalue weighted by Crippen LogP contribution is 2.37. The van der Waals surface area contributed by atoms with Crippen LogP contribution in [0.5, 0.6) is 0 Å². The van der Waals surface area contributed by atoms with Crippen LogP contribution in [0.1, 0.15) is 85.7 Å². The topological polar surface area (TPSA) is 104 Å². The lowest BCUT2D eigenvalue weighted by Crippen LogP contribution is -2.41. The molecule has 0 unspecified atom stereocenters. The number of aliphatic hydroxyl groups is 1. The molecule has 2 saturated heterocycles. The number of amides is 1. The number of halogens is 1. The molecule has 0 spiro atoms. The van der Waals surface area contributed by atoms with Crippen molar-refractivity contribution in [1.29, 1.82) is 0 Å². The molecule has 0 atom stereocenters. The number of benzene rings is 2. The Morgan fingerprint density at radius 1 is 1.09 bits per heavy atom. The van der Waals surface area contributed by atoms with E-state index in [0.717, 1.165) is 18.7 Å². The first kappa shape index (κ1) is 34.5. The number of hydrogen-bond acceptors (Lipinski definition) is 7. The highest BCUT2D eigenvalue weighted by molar-refractivity contribution is 6.62. The number of nitrogens with zero attached hydrogens (tertiary/aromatic N) is 2. The van der Waals surface area contributed by atoms with Crippen molar-refractivity contribution in [2.45, 2.75) is 98.6 Å². The lowest BCUT2D eigenvalue weighted by molar-refractivity contribution is 0.00578. The molecule has 11 heteroatoms. The van der Waals surface area contributed by atoms with E-state index >= 15 is 4.39 Å². The van der Waals surface area contributed by atoms with Crippen LogP contribution in [0.15, 0.2) is 30.3 Å². The van der Waals surface area contributed by atoms with Gasteiger partial charge in [0.15, 0.2) is 0 Å². The number of carbonyl (C=O) groups is 1. The maximum Gasteiger partial charge on any atom is 0.497 e. The van der Waals surface area contributed by atoms with Gasteiger partial charge in [-0.3, -0.25) is 5.32 Å². The minimum absolute atomic E-state index is 0.259. The molecule has 0 saturated carbocycles. The number of aliphatic hydroxyl groups excluding tert-OH is 1. The molecule has 3 aromatic rings. The zero-order valence-corrected chi connectivity index (χ0v) is 27.3. The van der Waals surface area contributed by atoms with E-state index in [2.05, 4.69) is 5.32 Å². The summed E-state index contributed by atoms with van der Waals surface area (Å²) in [7, 11) is 1.01. The minimum Gasteiger partial charge on any atom is -0.444 e. The van der Waals surface area contributed by atoms with Crippen LogP contribution in [0.4, 0.5) is 14.9 Å². The molecular formula is C32H47BFN3O6. The summed E-state index contributed by atoms with van der Waals surface area (Å²) >= 11 is 0. The van der Waals surface area contributed by atoms with Crippen LogP contribution in [0.2, 0.25) is 0 Å².